The molecule has 8 nitrogen and oxygen atoms in total. The molecule has 1 aromatic carbocycles. The molecule has 4 N–H and O–H groups in total. The summed E-state index contributed by atoms with van der Waals surface area (Å²) in [7, 11) is 0. The SMILES string of the molecule is CC(C)(C)c1ccc(F)c(Nc2nc(Nc3ccc4c(c3)CCNC4)ncc2C(=O)NC2CC2)n1. The summed E-state index contributed by atoms with van der Waals surface area (Å²) < 4.78 is 14.7. The van der Waals surface area contributed by atoms with Gasteiger partial charge in [0.15, 0.2) is 11.6 Å². The lowest BCUT2D eigenvalue weighted by molar-refractivity contribution is 0.0951. The molecule has 182 valence electrons. The van der Waals surface area contributed by atoms with Crippen LogP contribution in [0.25, 0.3) is 0 Å². The number of hydrogen-bond donors (Lipinski definition) is 4. The van der Waals surface area contributed by atoms with Crippen molar-refractivity contribution in [2.75, 3.05) is 17.2 Å². The predicted molar refractivity (Wildman–Crippen MR) is 134 cm³/mol. The van der Waals surface area contributed by atoms with E-state index in [4.69, 9.17) is 0 Å². The summed E-state index contributed by atoms with van der Waals surface area (Å²) >= 11 is 0. The van der Waals surface area contributed by atoms with E-state index in [0.717, 1.165) is 43.7 Å². The molecule has 3 heterocycles. The molecular formula is C26H30FN7O. The van der Waals surface area contributed by atoms with Crippen molar-refractivity contribution >= 4 is 29.2 Å². The lowest BCUT2D eigenvalue weighted by Crippen LogP contribution is -2.27. The fourth-order valence-electron chi connectivity index (χ4n) is 3.94. The van der Waals surface area contributed by atoms with Gasteiger partial charge in [0, 0.05) is 35.6 Å². The van der Waals surface area contributed by atoms with E-state index in [1.165, 1.54) is 23.4 Å². The molecule has 1 aliphatic heterocycles. The molecule has 0 spiro atoms. The number of pyridine rings is 1. The first kappa shape index (κ1) is 23.2. The standard InChI is InChI=1S/C26H30FN7O/c1-26(2,3)21-9-8-20(27)23(32-21)33-22-19(24(35)30-17-6-7-17)14-29-25(34-22)31-18-5-4-16-13-28-11-10-15(16)12-18/h4-5,8-9,12,14,17,28H,6-7,10-11,13H2,1-3H3,(H,30,35)(H2,29,31,32,33,34). The number of rotatable bonds is 6. The lowest BCUT2D eigenvalue weighted by Gasteiger charge is -2.20. The Bertz CT molecular complexity index is 1270. The third kappa shape index (κ3) is 5.40. The molecule has 0 bridgehead atoms. The molecule has 1 fully saturated rings. The summed E-state index contributed by atoms with van der Waals surface area (Å²) in [5.74, 6) is -0.306. The molecule has 1 amide bonds. The Kier molecular flexibility index (Phi) is 6.10. The Morgan fingerprint density at radius 1 is 1.06 bits per heavy atom. The smallest absolute Gasteiger partial charge is 0.256 e. The van der Waals surface area contributed by atoms with E-state index in [1.54, 1.807) is 6.07 Å². The first-order valence-electron chi connectivity index (χ1n) is 12.0. The Balaban J connectivity index is 1.47. The van der Waals surface area contributed by atoms with Crippen LogP contribution < -0.4 is 21.3 Å². The Hall–Kier alpha value is -3.59. The summed E-state index contributed by atoms with van der Waals surface area (Å²) in [5.41, 5.74) is 4.10. The number of aromatic nitrogens is 3. The van der Waals surface area contributed by atoms with Gasteiger partial charge < -0.3 is 21.3 Å². The number of amides is 1. The molecule has 2 aromatic heterocycles. The number of carbonyl (C=O) groups excluding carboxylic acids is 1. The Labute approximate surface area is 204 Å². The highest BCUT2D eigenvalue weighted by molar-refractivity contribution is 5.99. The van der Waals surface area contributed by atoms with E-state index in [9.17, 15) is 9.18 Å². The zero-order valence-electron chi connectivity index (χ0n) is 20.2. The normalized spacial score (nSPS) is 15.3. The molecule has 3 aromatic rings. The molecule has 0 saturated heterocycles. The molecule has 1 saturated carbocycles. The Morgan fingerprint density at radius 3 is 2.66 bits per heavy atom. The number of nitrogens with zero attached hydrogens (tertiary/aromatic N) is 3. The summed E-state index contributed by atoms with van der Waals surface area (Å²) in [6.45, 7) is 7.82. The number of hydrogen-bond acceptors (Lipinski definition) is 7. The average molecular weight is 476 g/mol. The molecule has 0 radical (unpaired) electrons. The monoisotopic (exact) mass is 475 g/mol. The maximum absolute atomic E-state index is 14.7. The number of fused-ring (bicyclic) bond motifs is 1. The van der Waals surface area contributed by atoms with E-state index < -0.39 is 5.82 Å². The minimum atomic E-state index is -0.525. The zero-order chi connectivity index (χ0) is 24.6. The van der Waals surface area contributed by atoms with Gasteiger partial charge in [-0.05, 0) is 61.2 Å². The molecule has 9 heteroatoms. The van der Waals surface area contributed by atoms with Gasteiger partial charge in [0.1, 0.15) is 11.4 Å². The van der Waals surface area contributed by atoms with Crippen molar-refractivity contribution in [2.45, 2.75) is 58.0 Å². The second kappa shape index (κ2) is 9.22. The number of nitrogens with one attached hydrogen (secondary N) is 4. The van der Waals surface area contributed by atoms with Gasteiger partial charge in [-0.15, -0.1) is 0 Å². The number of carbonyl (C=O) groups is 1. The fourth-order valence-corrected chi connectivity index (χ4v) is 3.94. The van der Waals surface area contributed by atoms with Crippen LogP contribution in [0.2, 0.25) is 0 Å². The summed E-state index contributed by atoms with van der Waals surface area (Å²) in [5, 5.41) is 12.5. The van der Waals surface area contributed by atoms with Crippen molar-refractivity contribution in [1.29, 1.82) is 0 Å². The van der Waals surface area contributed by atoms with Gasteiger partial charge >= 0.3 is 0 Å². The van der Waals surface area contributed by atoms with Crippen molar-refractivity contribution in [3.8, 4) is 0 Å². The van der Waals surface area contributed by atoms with E-state index >= 15 is 0 Å². The van der Waals surface area contributed by atoms with Crippen molar-refractivity contribution in [3.05, 3.63) is 64.7 Å². The molecule has 35 heavy (non-hydrogen) atoms. The maximum atomic E-state index is 14.7. The summed E-state index contributed by atoms with van der Waals surface area (Å²) in [4.78, 5) is 26.3. The minimum Gasteiger partial charge on any atom is -0.349 e. The van der Waals surface area contributed by atoms with Gasteiger partial charge in [-0.3, -0.25) is 4.79 Å². The van der Waals surface area contributed by atoms with Crippen LogP contribution in [0.4, 0.5) is 27.7 Å². The molecule has 2 aliphatic rings. The van der Waals surface area contributed by atoms with Crippen molar-refractivity contribution in [2.24, 2.45) is 0 Å². The van der Waals surface area contributed by atoms with Crippen molar-refractivity contribution < 1.29 is 9.18 Å². The van der Waals surface area contributed by atoms with Crippen LogP contribution in [0.5, 0.6) is 0 Å². The fraction of sp³-hybridized carbons (Fsp3) is 0.385. The molecule has 5 rings (SSSR count). The number of benzene rings is 1. The molecule has 0 unspecified atom stereocenters. The van der Waals surface area contributed by atoms with Crippen LogP contribution in [-0.4, -0.2) is 33.4 Å². The van der Waals surface area contributed by atoms with Crippen LogP contribution in [0.15, 0.2) is 36.5 Å². The van der Waals surface area contributed by atoms with Gasteiger partial charge in [0.05, 0.1) is 0 Å². The van der Waals surface area contributed by atoms with Crippen LogP contribution in [0, 0.1) is 5.82 Å². The van der Waals surface area contributed by atoms with Gasteiger partial charge in [0.25, 0.3) is 5.91 Å². The lowest BCUT2D eigenvalue weighted by atomic mass is 9.92. The van der Waals surface area contributed by atoms with Crippen molar-refractivity contribution in [3.63, 3.8) is 0 Å². The first-order chi connectivity index (χ1) is 16.8. The molecule has 1 aliphatic carbocycles. The van der Waals surface area contributed by atoms with Gasteiger partial charge in [-0.25, -0.2) is 14.4 Å². The topological polar surface area (TPSA) is 104 Å². The quantitative estimate of drug-likeness (QED) is 0.421. The van der Waals surface area contributed by atoms with Gasteiger partial charge in [0.2, 0.25) is 5.95 Å². The number of halogens is 1. The third-order valence-electron chi connectivity index (χ3n) is 6.15. The second-order valence-corrected chi connectivity index (χ2v) is 10.1. The van der Waals surface area contributed by atoms with Crippen LogP contribution >= 0.6 is 0 Å². The maximum Gasteiger partial charge on any atom is 0.256 e. The van der Waals surface area contributed by atoms with Gasteiger partial charge in [-0.1, -0.05) is 26.8 Å². The zero-order valence-corrected chi connectivity index (χ0v) is 20.2. The van der Waals surface area contributed by atoms with E-state index in [2.05, 4.69) is 48.4 Å². The van der Waals surface area contributed by atoms with Gasteiger partial charge in [-0.2, -0.15) is 4.98 Å². The highest BCUT2D eigenvalue weighted by atomic mass is 19.1. The summed E-state index contributed by atoms with van der Waals surface area (Å²) in [6, 6.07) is 9.36. The first-order valence-corrected chi connectivity index (χ1v) is 12.0. The van der Waals surface area contributed by atoms with Crippen LogP contribution in [0.3, 0.4) is 0 Å². The highest BCUT2D eigenvalue weighted by Gasteiger charge is 2.26. The van der Waals surface area contributed by atoms with E-state index in [-0.39, 0.29) is 34.6 Å². The number of anilines is 4. The largest absolute Gasteiger partial charge is 0.349 e. The molecular weight excluding hydrogens is 445 g/mol. The Morgan fingerprint density at radius 2 is 1.89 bits per heavy atom. The predicted octanol–water partition coefficient (Wildman–Crippen LogP) is 4.33. The second-order valence-electron chi connectivity index (χ2n) is 10.1. The minimum absolute atomic E-state index is 0.0174. The average Bonchev–Trinajstić information content (AvgIpc) is 3.64. The van der Waals surface area contributed by atoms with Crippen LogP contribution in [-0.2, 0) is 18.4 Å². The third-order valence-corrected chi connectivity index (χ3v) is 6.15. The van der Waals surface area contributed by atoms with Crippen molar-refractivity contribution in [1.82, 2.24) is 25.6 Å². The molecule has 0 atom stereocenters. The summed E-state index contributed by atoms with van der Waals surface area (Å²) in [6.07, 6.45) is 4.32. The van der Waals surface area contributed by atoms with Crippen LogP contribution in [0.1, 0.15) is 60.8 Å². The van der Waals surface area contributed by atoms with E-state index in [0.29, 0.717) is 5.95 Å². The highest BCUT2D eigenvalue weighted by Crippen LogP contribution is 2.28. The van der Waals surface area contributed by atoms with E-state index in [1.807, 2.05) is 26.8 Å².